The van der Waals surface area contributed by atoms with Crippen LogP contribution < -0.4 is 9.47 Å². The van der Waals surface area contributed by atoms with Crippen LogP contribution in [0.4, 0.5) is 0 Å². The summed E-state index contributed by atoms with van der Waals surface area (Å²) in [5.74, 6) is 1.94. The smallest absolute Gasteiger partial charge is 0.242 e. The van der Waals surface area contributed by atoms with Crippen molar-refractivity contribution in [3.05, 3.63) is 23.8 Å². The predicted molar refractivity (Wildman–Crippen MR) is 102 cm³/mol. The second-order valence-corrected chi connectivity index (χ2v) is 7.64. The van der Waals surface area contributed by atoms with Crippen molar-refractivity contribution in [2.45, 2.75) is 27.3 Å². The molecule has 1 saturated heterocycles. The fourth-order valence-electron chi connectivity index (χ4n) is 3.46. The monoisotopic (exact) mass is 375 g/mol. The molecule has 0 spiro atoms. The highest BCUT2D eigenvalue weighted by Crippen LogP contribution is 2.32. The van der Waals surface area contributed by atoms with Crippen LogP contribution >= 0.6 is 0 Å². The Kier molecular flexibility index (Phi) is 6.21. The molecule has 0 N–H and O–H groups in total. The fourth-order valence-corrected chi connectivity index (χ4v) is 3.46. The summed E-state index contributed by atoms with van der Waals surface area (Å²) < 4.78 is 10.8. The summed E-state index contributed by atoms with van der Waals surface area (Å²) in [4.78, 5) is 30.2. The highest BCUT2D eigenvalue weighted by atomic mass is 16.7. The van der Waals surface area contributed by atoms with Crippen LogP contribution in [0.2, 0.25) is 0 Å². The van der Waals surface area contributed by atoms with E-state index >= 15 is 0 Å². The molecule has 1 fully saturated rings. The van der Waals surface area contributed by atoms with Gasteiger partial charge in [-0.1, -0.05) is 19.9 Å². The molecule has 1 aromatic rings. The number of carbonyl (C=O) groups excluding carboxylic acids is 2. The van der Waals surface area contributed by atoms with Crippen LogP contribution in [0.25, 0.3) is 0 Å². The van der Waals surface area contributed by atoms with E-state index in [0.29, 0.717) is 25.6 Å². The molecular weight excluding hydrogens is 346 g/mol. The second-order valence-electron chi connectivity index (χ2n) is 7.64. The normalized spacial score (nSPS) is 16.7. The first-order chi connectivity index (χ1) is 12.9. The Morgan fingerprint density at radius 1 is 1.11 bits per heavy atom. The number of benzene rings is 1. The van der Waals surface area contributed by atoms with E-state index in [4.69, 9.17) is 9.47 Å². The molecule has 0 bridgehead atoms. The lowest BCUT2D eigenvalue weighted by atomic mass is 10.1. The van der Waals surface area contributed by atoms with Crippen LogP contribution in [-0.2, 0) is 16.1 Å². The largest absolute Gasteiger partial charge is 0.454 e. The van der Waals surface area contributed by atoms with Gasteiger partial charge in [0.25, 0.3) is 0 Å². The third-order valence-corrected chi connectivity index (χ3v) is 4.93. The minimum atomic E-state index is -0.0431. The van der Waals surface area contributed by atoms with Gasteiger partial charge in [0.1, 0.15) is 0 Å². The summed E-state index contributed by atoms with van der Waals surface area (Å²) in [5.41, 5.74) is 1.18. The molecule has 2 aliphatic heterocycles. The van der Waals surface area contributed by atoms with E-state index in [2.05, 4.69) is 24.8 Å². The number of amides is 2. The number of hydrogen-bond acceptors (Lipinski definition) is 5. The SMILES string of the molecule is CC(=O)N(CC(=O)N1CCN(Cc2ccc3c(c2)OCO3)CC1)CC(C)C. The van der Waals surface area contributed by atoms with Gasteiger partial charge < -0.3 is 19.3 Å². The second kappa shape index (κ2) is 8.61. The standard InChI is InChI=1S/C20H29N3O4/c1-15(2)11-23(16(3)24)13-20(25)22-8-6-21(7-9-22)12-17-4-5-18-19(10-17)27-14-26-18/h4-5,10,15H,6-9,11-14H2,1-3H3. The van der Waals surface area contributed by atoms with E-state index < -0.39 is 0 Å². The third-order valence-electron chi connectivity index (χ3n) is 4.93. The topological polar surface area (TPSA) is 62.3 Å². The quantitative estimate of drug-likeness (QED) is 0.755. The molecule has 148 valence electrons. The van der Waals surface area contributed by atoms with Crippen LogP contribution in [0.5, 0.6) is 11.5 Å². The molecule has 0 saturated carbocycles. The minimum Gasteiger partial charge on any atom is -0.454 e. The molecule has 0 unspecified atom stereocenters. The van der Waals surface area contributed by atoms with Gasteiger partial charge in [-0.25, -0.2) is 0 Å². The Morgan fingerprint density at radius 3 is 2.48 bits per heavy atom. The molecule has 0 aliphatic carbocycles. The molecule has 27 heavy (non-hydrogen) atoms. The van der Waals surface area contributed by atoms with Gasteiger partial charge >= 0.3 is 0 Å². The van der Waals surface area contributed by atoms with E-state index in [0.717, 1.165) is 31.1 Å². The van der Waals surface area contributed by atoms with E-state index in [9.17, 15) is 9.59 Å². The predicted octanol–water partition coefficient (Wildman–Crippen LogP) is 1.56. The van der Waals surface area contributed by atoms with Crippen molar-refractivity contribution < 1.29 is 19.1 Å². The Labute approximate surface area is 160 Å². The summed E-state index contributed by atoms with van der Waals surface area (Å²) in [6.07, 6.45) is 0. The lowest BCUT2D eigenvalue weighted by Gasteiger charge is -2.36. The zero-order chi connectivity index (χ0) is 19.4. The van der Waals surface area contributed by atoms with Gasteiger partial charge in [-0.15, -0.1) is 0 Å². The fraction of sp³-hybridized carbons (Fsp3) is 0.600. The molecule has 1 aromatic carbocycles. The van der Waals surface area contributed by atoms with Crippen molar-refractivity contribution in [3.8, 4) is 11.5 Å². The van der Waals surface area contributed by atoms with Crippen molar-refractivity contribution in [1.29, 1.82) is 0 Å². The molecule has 7 heteroatoms. The van der Waals surface area contributed by atoms with Crippen LogP contribution in [-0.4, -0.2) is 72.6 Å². The highest BCUT2D eigenvalue weighted by Gasteiger charge is 2.24. The average Bonchev–Trinajstić information content (AvgIpc) is 3.09. The van der Waals surface area contributed by atoms with E-state index in [1.165, 1.54) is 12.5 Å². The number of piperazine rings is 1. The van der Waals surface area contributed by atoms with Gasteiger partial charge in [-0.05, 0) is 23.6 Å². The first-order valence-corrected chi connectivity index (χ1v) is 9.56. The maximum atomic E-state index is 12.6. The van der Waals surface area contributed by atoms with Gasteiger partial charge in [0, 0.05) is 46.2 Å². The molecule has 2 amide bonds. The molecule has 2 aliphatic rings. The van der Waals surface area contributed by atoms with E-state index in [1.54, 1.807) is 4.90 Å². The number of ether oxygens (including phenoxy) is 2. The van der Waals surface area contributed by atoms with Crippen molar-refractivity contribution in [2.75, 3.05) is 46.1 Å². The summed E-state index contributed by atoms with van der Waals surface area (Å²) >= 11 is 0. The Morgan fingerprint density at radius 2 is 1.81 bits per heavy atom. The number of nitrogens with zero attached hydrogens (tertiary/aromatic N) is 3. The number of fused-ring (bicyclic) bond motifs is 1. The zero-order valence-electron chi connectivity index (χ0n) is 16.4. The van der Waals surface area contributed by atoms with Crippen molar-refractivity contribution in [1.82, 2.24) is 14.7 Å². The Bertz CT molecular complexity index is 684. The molecule has 7 nitrogen and oxygen atoms in total. The zero-order valence-corrected chi connectivity index (χ0v) is 16.4. The average molecular weight is 375 g/mol. The van der Waals surface area contributed by atoms with Gasteiger partial charge in [0.2, 0.25) is 18.6 Å². The van der Waals surface area contributed by atoms with Crippen LogP contribution in [0, 0.1) is 5.92 Å². The van der Waals surface area contributed by atoms with Crippen molar-refractivity contribution in [3.63, 3.8) is 0 Å². The highest BCUT2D eigenvalue weighted by molar-refractivity contribution is 5.83. The maximum absolute atomic E-state index is 12.6. The number of carbonyl (C=O) groups is 2. The van der Waals surface area contributed by atoms with E-state index in [1.807, 2.05) is 17.0 Å². The lowest BCUT2D eigenvalue weighted by molar-refractivity contribution is -0.140. The van der Waals surface area contributed by atoms with Crippen molar-refractivity contribution >= 4 is 11.8 Å². The molecule has 2 heterocycles. The van der Waals surface area contributed by atoms with Gasteiger partial charge in [-0.2, -0.15) is 0 Å². The maximum Gasteiger partial charge on any atom is 0.242 e. The van der Waals surface area contributed by atoms with Crippen LogP contribution in [0.15, 0.2) is 18.2 Å². The van der Waals surface area contributed by atoms with Gasteiger partial charge in [0.15, 0.2) is 11.5 Å². The van der Waals surface area contributed by atoms with Crippen molar-refractivity contribution in [2.24, 2.45) is 5.92 Å². The third kappa shape index (κ3) is 5.13. The molecule has 3 rings (SSSR count). The summed E-state index contributed by atoms with van der Waals surface area (Å²) in [7, 11) is 0. The summed E-state index contributed by atoms with van der Waals surface area (Å²) in [6, 6.07) is 6.03. The van der Waals surface area contributed by atoms with Gasteiger partial charge in [0.05, 0.1) is 6.54 Å². The number of rotatable bonds is 6. The Balaban J connectivity index is 1.48. The molecular formula is C20H29N3O4. The summed E-state index contributed by atoms with van der Waals surface area (Å²) in [5, 5.41) is 0. The number of hydrogen-bond donors (Lipinski definition) is 0. The van der Waals surface area contributed by atoms with Gasteiger partial charge in [-0.3, -0.25) is 14.5 Å². The van der Waals surface area contributed by atoms with Crippen LogP contribution in [0.1, 0.15) is 26.3 Å². The van der Waals surface area contributed by atoms with E-state index in [-0.39, 0.29) is 25.2 Å². The Hall–Kier alpha value is -2.28. The summed E-state index contributed by atoms with van der Waals surface area (Å²) in [6.45, 7) is 10.6. The molecule has 0 aromatic heterocycles. The molecule has 0 radical (unpaired) electrons. The van der Waals surface area contributed by atoms with Crippen LogP contribution in [0.3, 0.4) is 0 Å². The first kappa shape index (κ1) is 19.5. The minimum absolute atomic E-state index is 0.0357. The lowest BCUT2D eigenvalue weighted by Crippen LogP contribution is -2.51. The molecule has 0 atom stereocenters. The first-order valence-electron chi connectivity index (χ1n) is 9.56.